The Balaban J connectivity index is 1.50. The summed E-state index contributed by atoms with van der Waals surface area (Å²) in [6.07, 6.45) is 1.45. The topological polar surface area (TPSA) is 76.3 Å². The minimum absolute atomic E-state index is 0.154. The SMILES string of the molecule is O=C(COc1ccc(Br)cc1Br)N/N=C/c1cc(Br)c(N2CCOCC2)o1. The highest BCUT2D eigenvalue weighted by molar-refractivity contribution is 9.11. The van der Waals surface area contributed by atoms with E-state index >= 15 is 0 Å². The summed E-state index contributed by atoms with van der Waals surface area (Å²) in [6, 6.07) is 7.23. The molecule has 10 heteroatoms. The molecule has 1 amide bonds. The van der Waals surface area contributed by atoms with E-state index in [0.29, 0.717) is 24.7 Å². The van der Waals surface area contributed by atoms with E-state index in [1.165, 1.54) is 6.21 Å². The Labute approximate surface area is 181 Å². The van der Waals surface area contributed by atoms with Gasteiger partial charge in [-0.2, -0.15) is 5.10 Å². The summed E-state index contributed by atoms with van der Waals surface area (Å²) in [4.78, 5) is 14.0. The number of morpholine rings is 1. The van der Waals surface area contributed by atoms with Crippen molar-refractivity contribution in [1.29, 1.82) is 0 Å². The van der Waals surface area contributed by atoms with Crippen molar-refractivity contribution >= 4 is 65.8 Å². The number of carbonyl (C=O) groups is 1. The molecule has 144 valence electrons. The third-order valence-electron chi connectivity index (χ3n) is 3.62. The van der Waals surface area contributed by atoms with Crippen molar-refractivity contribution in [1.82, 2.24) is 5.43 Å². The Morgan fingerprint density at radius 1 is 1.22 bits per heavy atom. The average Bonchev–Trinajstić information content (AvgIpc) is 3.02. The first-order valence-electron chi connectivity index (χ1n) is 8.04. The van der Waals surface area contributed by atoms with Crippen molar-refractivity contribution in [3.8, 4) is 5.75 Å². The molecule has 3 rings (SSSR count). The number of nitrogens with one attached hydrogen (secondary N) is 1. The minimum atomic E-state index is -0.375. The van der Waals surface area contributed by atoms with Gasteiger partial charge in [0.25, 0.3) is 5.91 Å². The van der Waals surface area contributed by atoms with Crippen molar-refractivity contribution in [2.24, 2.45) is 5.10 Å². The van der Waals surface area contributed by atoms with Crippen LogP contribution in [0.2, 0.25) is 0 Å². The number of hydrazone groups is 1. The Bertz CT molecular complexity index is 835. The van der Waals surface area contributed by atoms with Crippen molar-refractivity contribution in [2.75, 3.05) is 37.8 Å². The first-order chi connectivity index (χ1) is 13.0. The van der Waals surface area contributed by atoms with Crippen molar-refractivity contribution in [3.63, 3.8) is 0 Å². The molecular weight excluding hydrogens is 550 g/mol. The molecule has 1 aliphatic rings. The molecular formula is C17H16Br3N3O4. The van der Waals surface area contributed by atoms with Gasteiger partial charge >= 0.3 is 0 Å². The maximum absolute atomic E-state index is 11.9. The molecule has 0 atom stereocenters. The van der Waals surface area contributed by atoms with Gasteiger partial charge in [0.1, 0.15) is 5.75 Å². The van der Waals surface area contributed by atoms with Gasteiger partial charge in [0.05, 0.1) is 28.4 Å². The lowest BCUT2D eigenvalue weighted by Gasteiger charge is -2.26. The lowest BCUT2D eigenvalue weighted by molar-refractivity contribution is -0.123. The van der Waals surface area contributed by atoms with Crippen LogP contribution in [0.3, 0.4) is 0 Å². The molecule has 1 aromatic heterocycles. The predicted octanol–water partition coefficient (Wildman–Crippen LogP) is 3.93. The van der Waals surface area contributed by atoms with Gasteiger partial charge < -0.3 is 18.8 Å². The highest BCUT2D eigenvalue weighted by Crippen LogP contribution is 2.30. The summed E-state index contributed by atoms with van der Waals surface area (Å²) in [5.74, 6) is 1.46. The molecule has 1 aromatic carbocycles. The molecule has 1 fully saturated rings. The molecule has 1 saturated heterocycles. The molecule has 7 nitrogen and oxygen atoms in total. The maximum atomic E-state index is 11.9. The number of hydrogen-bond acceptors (Lipinski definition) is 6. The van der Waals surface area contributed by atoms with Crippen LogP contribution in [0.4, 0.5) is 5.88 Å². The van der Waals surface area contributed by atoms with Crippen LogP contribution in [0.25, 0.3) is 0 Å². The smallest absolute Gasteiger partial charge is 0.277 e. The van der Waals surface area contributed by atoms with Crippen LogP contribution in [-0.2, 0) is 9.53 Å². The molecule has 2 aromatic rings. The Morgan fingerprint density at radius 2 is 2.00 bits per heavy atom. The van der Waals surface area contributed by atoms with Gasteiger partial charge in [-0.3, -0.25) is 4.79 Å². The quantitative estimate of drug-likeness (QED) is 0.424. The number of nitrogens with zero attached hydrogens (tertiary/aromatic N) is 2. The summed E-state index contributed by atoms with van der Waals surface area (Å²) in [5, 5.41) is 3.91. The first kappa shape index (κ1) is 20.4. The van der Waals surface area contributed by atoms with Gasteiger partial charge in [-0.15, -0.1) is 0 Å². The number of furan rings is 1. The van der Waals surface area contributed by atoms with Gasteiger partial charge in [-0.1, -0.05) is 15.9 Å². The molecule has 0 unspecified atom stereocenters. The molecule has 1 aliphatic heterocycles. The van der Waals surface area contributed by atoms with E-state index in [4.69, 9.17) is 13.9 Å². The fourth-order valence-electron chi connectivity index (χ4n) is 2.36. The molecule has 0 spiro atoms. The highest BCUT2D eigenvalue weighted by Gasteiger charge is 2.18. The number of halogens is 3. The highest BCUT2D eigenvalue weighted by atomic mass is 79.9. The third kappa shape index (κ3) is 5.81. The number of amides is 1. The molecule has 0 aliphatic carbocycles. The number of rotatable bonds is 6. The van der Waals surface area contributed by atoms with Crippen LogP contribution in [0.5, 0.6) is 5.75 Å². The Hall–Kier alpha value is -1.36. The zero-order chi connectivity index (χ0) is 19.2. The van der Waals surface area contributed by atoms with E-state index < -0.39 is 0 Å². The van der Waals surface area contributed by atoms with E-state index in [1.807, 2.05) is 12.1 Å². The maximum Gasteiger partial charge on any atom is 0.277 e. The number of benzene rings is 1. The van der Waals surface area contributed by atoms with Crippen molar-refractivity contribution in [3.05, 3.63) is 43.4 Å². The summed E-state index contributed by atoms with van der Waals surface area (Å²) in [6.45, 7) is 2.71. The van der Waals surface area contributed by atoms with Gasteiger partial charge in [-0.25, -0.2) is 5.43 Å². The van der Waals surface area contributed by atoms with Gasteiger partial charge in [0, 0.05) is 23.6 Å². The van der Waals surface area contributed by atoms with E-state index in [9.17, 15) is 4.79 Å². The lowest BCUT2D eigenvalue weighted by atomic mass is 10.3. The van der Waals surface area contributed by atoms with E-state index in [0.717, 1.165) is 32.4 Å². The summed E-state index contributed by atoms with van der Waals surface area (Å²) in [7, 11) is 0. The van der Waals surface area contributed by atoms with Gasteiger partial charge in [0.15, 0.2) is 12.4 Å². The predicted molar refractivity (Wildman–Crippen MR) is 113 cm³/mol. The van der Waals surface area contributed by atoms with Gasteiger partial charge in [-0.05, 0) is 50.1 Å². The second-order valence-corrected chi connectivity index (χ2v) is 8.18. The third-order valence-corrected chi connectivity index (χ3v) is 5.30. The lowest BCUT2D eigenvalue weighted by Crippen LogP contribution is -2.36. The molecule has 1 N–H and O–H groups in total. The molecule has 0 bridgehead atoms. The van der Waals surface area contributed by atoms with Gasteiger partial charge in [0.2, 0.25) is 5.88 Å². The summed E-state index contributed by atoms with van der Waals surface area (Å²) >= 11 is 10.2. The largest absolute Gasteiger partial charge is 0.483 e. The second kappa shape index (κ2) is 9.72. The molecule has 0 saturated carbocycles. The average molecular weight is 566 g/mol. The van der Waals surface area contributed by atoms with E-state index in [2.05, 4.69) is 63.2 Å². The first-order valence-corrected chi connectivity index (χ1v) is 10.4. The van der Waals surface area contributed by atoms with Crippen LogP contribution < -0.4 is 15.1 Å². The number of ether oxygens (including phenoxy) is 2. The minimum Gasteiger partial charge on any atom is -0.483 e. The second-order valence-electron chi connectivity index (χ2n) is 5.56. The van der Waals surface area contributed by atoms with Crippen LogP contribution in [-0.4, -0.2) is 45.0 Å². The van der Waals surface area contributed by atoms with Crippen LogP contribution in [0, 0.1) is 0 Å². The molecule has 2 heterocycles. The van der Waals surface area contributed by atoms with E-state index in [1.54, 1.807) is 12.1 Å². The number of anilines is 1. The van der Waals surface area contributed by atoms with Crippen LogP contribution >= 0.6 is 47.8 Å². The zero-order valence-corrected chi connectivity index (χ0v) is 18.8. The van der Waals surface area contributed by atoms with Crippen LogP contribution in [0.1, 0.15) is 5.76 Å². The standard InChI is InChI=1S/C17H16Br3N3O4/c18-11-1-2-15(13(19)7-11)26-10-16(24)22-21-9-12-8-14(20)17(27-12)23-3-5-25-6-4-23/h1-2,7-9H,3-6,10H2,(H,22,24)/b21-9+. The fourth-order valence-corrected chi connectivity index (χ4v) is 4.08. The summed E-state index contributed by atoms with van der Waals surface area (Å²) < 4.78 is 19.1. The Morgan fingerprint density at radius 3 is 2.74 bits per heavy atom. The Kier molecular flexibility index (Phi) is 7.33. The molecule has 0 radical (unpaired) electrons. The van der Waals surface area contributed by atoms with Crippen molar-refractivity contribution in [2.45, 2.75) is 0 Å². The fraction of sp³-hybridized carbons (Fsp3) is 0.294. The van der Waals surface area contributed by atoms with Crippen molar-refractivity contribution < 1.29 is 18.7 Å². The normalized spacial score (nSPS) is 14.6. The van der Waals surface area contributed by atoms with Crippen LogP contribution in [0.15, 0.2) is 47.2 Å². The zero-order valence-electron chi connectivity index (χ0n) is 14.1. The monoisotopic (exact) mass is 563 g/mol. The van der Waals surface area contributed by atoms with E-state index in [-0.39, 0.29) is 12.5 Å². The number of hydrogen-bond donors (Lipinski definition) is 1. The number of carbonyl (C=O) groups excluding carboxylic acids is 1. The molecule has 27 heavy (non-hydrogen) atoms. The summed E-state index contributed by atoms with van der Waals surface area (Å²) in [5.41, 5.74) is 2.41.